The predicted molar refractivity (Wildman–Crippen MR) is 91.0 cm³/mol. The summed E-state index contributed by atoms with van der Waals surface area (Å²) in [5.74, 6) is 2.63. The van der Waals surface area contributed by atoms with Crippen LogP contribution in [0, 0.1) is 5.92 Å². The molecule has 0 aromatic heterocycles. The van der Waals surface area contributed by atoms with Crippen LogP contribution in [-0.2, 0) is 6.54 Å². The molecule has 2 rings (SSSR count). The zero-order valence-electron chi connectivity index (χ0n) is 12.1. The summed E-state index contributed by atoms with van der Waals surface area (Å²) in [6, 6.07) is 6.23. The van der Waals surface area contributed by atoms with Crippen LogP contribution >= 0.6 is 24.0 Å². The van der Waals surface area contributed by atoms with Crippen molar-refractivity contribution in [2.24, 2.45) is 16.6 Å². The first kappa shape index (κ1) is 16.9. The number of rotatable bonds is 5. The summed E-state index contributed by atoms with van der Waals surface area (Å²) in [4.78, 5) is 4.33. The van der Waals surface area contributed by atoms with Gasteiger partial charge >= 0.3 is 0 Å². The number of guanidine groups is 1. The van der Waals surface area contributed by atoms with Crippen LogP contribution in [0.4, 0.5) is 0 Å². The van der Waals surface area contributed by atoms with Gasteiger partial charge in [0.2, 0.25) is 0 Å². The van der Waals surface area contributed by atoms with Gasteiger partial charge in [-0.15, -0.1) is 24.0 Å². The zero-order valence-corrected chi connectivity index (χ0v) is 14.4. The maximum Gasteiger partial charge on any atom is 0.189 e. The van der Waals surface area contributed by atoms with E-state index in [1.54, 1.807) is 14.2 Å². The first-order valence-electron chi connectivity index (χ1n) is 6.41. The Kier molecular flexibility index (Phi) is 6.38. The number of hydrogen-bond acceptors (Lipinski definition) is 3. The lowest BCUT2D eigenvalue weighted by Crippen LogP contribution is -2.34. The van der Waals surface area contributed by atoms with E-state index in [0.29, 0.717) is 36.0 Å². The Labute approximate surface area is 137 Å². The Morgan fingerprint density at radius 3 is 2.55 bits per heavy atom. The molecule has 0 aliphatic heterocycles. The van der Waals surface area contributed by atoms with Crippen LogP contribution in [-0.4, -0.2) is 26.2 Å². The highest BCUT2D eigenvalue weighted by molar-refractivity contribution is 14.0. The third-order valence-electron chi connectivity index (χ3n) is 3.32. The Balaban J connectivity index is 0.00000200. The lowest BCUT2D eigenvalue weighted by Gasteiger charge is -2.09. The SMILES string of the molecule is COc1ccc(CN=C(N)NC2CC2C)cc1OC.I. The minimum Gasteiger partial charge on any atom is -0.493 e. The van der Waals surface area contributed by atoms with Crippen molar-refractivity contribution in [3.63, 3.8) is 0 Å². The van der Waals surface area contributed by atoms with E-state index in [-0.39, 0.29) is 24.0 Å². The first-order valence-corrected chi connectivity index (χ1v) is 6.41. The second kappa shape index (κ2) is 7.56. The van der Waals surface area contributed by atoms with Crippen LogP contribution in [0.25, 0.3) is 0 Å². The number of benzene rings is 1. The number of nitrogens with two attached hydrogens (primary N) is 1. The average Bonchev–Trinajstić information content (AvgIpc) is 3.11. The van der Waals surface area contributed by atoms with Crippen LogP contribution in [0.1, 0.15) is 18.9 Å². The van der Waals surface area contributed by atoms with E-state index in [9.17, 15) is 0 Å². The molecule has 0 spiro atoms. The van der Waals surface area contributed by atoms with Gasteiger partial charge in [-0.3, -0.25) is 0 Å². The van der Waals surface area contributed by atoms with Crippen molar-refractivity contribution >= 4 is 29.9 Å². The zero-order chi connectivity index (χ0) is 13.8. The van der Waals surface area contributed by atoms with E-state index in [1.165, 1.54) is 6.42 Å². The monoisotopic (exact) mass is 391 g/mol. The molecule has 2 unspecified atom stereocenters. The van der Waals surface area contributed by atoms with Crippen LogP contribution in [0.15, 0.2) is 23.2 Å². The normalized spacial score (nSPS) is 20.9. The van der Waals surface area contributed by atoms with E-state index < -0.39 is 0 Å². The summed E-state index contributed by atoms with van der Waals surface area (Å²) in [6.45, 7) is 2.72. The molecule has 0 bridgehead atoms. The summed E-state index contributed by atoms with van der Waals surface area (Å²) in [5.41, 5.74) is 6.87. The van der Waals surface area contributed by atoms with Crippen LogP contribution in [0.2, 0.25) is 0 Å². The van der Waals surface area contributed by atoms with Crippen LogP contribution in [0.5, 0.6) is 11.5 Å². The van der Waals surface area contributed by atoms with Crippen molar-refractivity contribution in [1.82, 2.24) is 5.32 Å². The van der Waals surface area contributed by atoms with Gasteiger partial charge in [0.25, 0.3) is 0 Å². The maximum atomic E-state index is 5.83. The molecule has 1 aromatic carbocycles. The van der Waals surface area contributed by atoms with Crippen LogP contribution < -0.4 is 20.5 Å². The van der Waals surface area contributed by atoms with E-state index in [2.05, 4.69) is 17.2 Å². The van der Waals surface area contributed by atoms with Gasteiger partial charge in [0, 0.05) is 6.04 Å². The van der Waals surface area contributed by atoms with Gasteiger partial charge in [0.1, 0.15) is 0 Å². The van der Waals surface area contributed by atoms with E-state index in [0.717, 1.165) is 5.56 Å². The van der Waals surface area contributed by atoms with Gasteiger partial charge in [-0.1, -0.05) is 13.0 Å². The molecule has 1 aliphatic carbocycles. The molecule has 1 aromatic rings. The van der Waals surface area contributed by atoms with Crippen molar-refractivity contribution < 1.29 is 9.47 Å². The molecule has 112 valence electrons. The summed E-state index contributed by atoms with van der Waals surface area (Å²) < 4.78 is 10.4. The Morgan fingerprint density at radius 2 is 2.00 bits per heavy atom. The molecular weight excluding hydrogens is 369 g/mol. The van der Waals surface area contributed by atoms with Crippen molar-refractivity contribution in [2.45, 2.75) is 25.9 Å². The number of aliphatic imine (C=N–C) groups is 1. The molecule has 0 saturated heterocycles. The number of halogens is 1. The molecule has 0 heterocycles. The van der Waals surface area contributed by atoms with Crippen molar-refractivity contribution in [2.75, 3.05) is 14.2 Å². The number of nitrogens with zero attached hydrogens (tertiary/aromatic N) is 1. The van der Waals surface area contributed by atoms with Gasteiger partial charge in [0.05, 0.1) is 20.8 Å². The molecular formula is C14H22IN3O2. The molecule has 0 amide bonds. The van der Waals surface area contributed by atoms with Gasteiger partial charge in [0.15, 0.2) is 17.5 Å². The lowest BCUT2D eigenvalue weighted by atomic mass is 10.2. The molecule has 5 nitrogen and oxygen atoms in total. The quantitative estimate of drug-likeness (QED) is 0.459. The van der Waals surface area contributed by atoms with E-state index in [4.69, 9.17) is 15.2 Å². The molecule has 3 N–H and O–H groups in total. The average molecular weight is 391 g/mol. The van der Waals surface area contributed by atoms with Crippen molar-refractivity contribution in [3.8, 4) is 11.5 Å². The smallest absolute Gasteiger partial charge is 0.189 e. The largest absolute Gasteiger partial charge is 0.493 e. The van der Waals surface area contributed by atoms with Crippen molar-refractivity contribution in [3.05, 3.63) is 23.8 Å². The number of ether oxygens (including phenoxy) is 2. The molecule has 1 aliphatic rings. The summed E-state index contributed by atoms with van der Waals surface area (Å²) in [5, 5.41) is 3.20. The molecule has 20 heavy (non-hydrogen) atoms. The highest BCUT2D eigenvalue weighted by Crippen LogP contribution is 2.29. The second-order valence-electron chi connectivity index (χ2n) is 4.85. The number of nitrogens with one attached hydrogen (secondary N) is 1. The predicted octanol–water partition coefficient (Wildman–Crippen LogP) is 2.13. The fraction of sp³-hybridized carbons (Fsp3) is 0.500. The molecule has 1 fully saturated rings. The van der Waals surface area contributed by atoms with Crippen LogP contribution in [0.3, 0.4) is 0 Å². The topological polar surface area (TPSA) is 68.9 Å². The first-order chi connectivity index (χ1) is 9.13. The fourth-order valence-corrected chi connectivity index (χ4v) is 1.91. The molecule has 0 radical (unpaired) electrons. The maximum absolute atomic E-state index is 5.83. The fourth-order valence-electron chi connectivity index (χ4n) is 1.91. The summed E-state index contributed by atoms with van der Waals surface area (Å²) in [6.07, 6.45) is 1.17. The second-order valence-corrected chi connectivity index (χ2v) is 4.85. The standard InChI is InChI=1S/C14H21N3O2.HI/c1-9-6-11(9)17-14(15)16-8-10-4-5-12(18-2)13(7-10)19-3;/h4-5,7,9,11H,6,8H2,1-3H3,(H3,15,16,17);1H. The van der Waals surface area contributed by atoms with E-state index in [1.807, 2.05) is 18.2 Å². The number of methoxy groups -OCH3 is 2. The van der Waals surface area contributed by atoms with Gasteiger partial charge < -0.3 is 20.5 Å². The molecule has 1 saturated carbocycles. The number of hydrogen-bond donors (Lipinski definition) is 2. The minimum absolute atomic E-state index is 0. The molecule has 6 heteroatoms. The lowest BCUT2D eigenvalue weighted by molar-refractivity contribution is 0.354. The summed E-state index contributed by atoms with van der Waals surface area (Å²) >= 11 is 0. The Morgan fingerprint density at radius 1 is 1.35 bits per heavy atom. The third kappa shape index (κ3) is 4.43. The van der Waals surface area contributed by atoms with Gasteiger partial charge in [-0.2, -0.15) is 0 Å². The van der Waals surface area contributed by atoms with Gasteiger partial charge in [-0.05, 0) is 30.0 Å². The highest BCUT2D eigenvalue weighted by Gasteiger charge is 2.32. The Bertz CT molecular complexity index is 479. The molecule has 2 atom stereocenters. The van der Waals surface area contributed by atoms with Gasteiger partial charge in [-0.25, -0.2) is 4.99 Å². The van der Waals surface area contributed by atoms with Crippen molar-refractivity contribution in [1.29, 1.82) is 0 Å². The van der Waals surface area contributed by atoms with E-state index >= 15 is 0 Å². The highest BCUT2D eigenvalue weighted by atomic mass is 127. The summed E-state index contributed by atoms with van der Waals surface area (Å²) in [7, 11) is 3.24. The minimum atomic E-state index is 0. The Hall–Kier alpha value is -1.18. The third-order valence-corrected chi connectivity index (χ3v) is 3.32.